The molecule has 106 valence electrons. The fraction of sp³-hybridized carbons (Fsp3) is 0.267. The van der Waals surface area contributed by atoms with Gasteiger partial charge in [0.25, 0.3) is 0 Å². The second-order valence-electron chi connectivity index (χ2n) is 5.29. The van der Waals surface area contributed by atoms with Crippen molar-refractivity contribution in [1.82, 2.24) is 4.98 Å². The molecule has 0 aliphatic rings. The molecule has 1 aromatic heterocycles. The summed E-state index contributed by atoms with van der Waals surface area (Å²) < 4.78 is 22.8. The number of benzene rings is 1. The molecule has 20 heavy (non-hydrogen) atoms. The Balaban J connectivity index is 2.33. The number of hydrogen-bond donors (Lipinski definition) is 1. The van der Waals surface area contributed by atoms with Crippen molar-refractivity contribution in [2.24, 2.45) is 0 Å². The Hall–Kier alpha value is -1.72. The Morgan fingerprint density at radius 1 is 1.00 bits per heavy atom. The second-order valence-corrected chi connectivity index (χ2v) is 7.30. The fourth-order valence-corrected chi connectivity index (χ4v) is 2.45. The SMILES string of the molecule is CC(C)(O)c1ccc(-c2ccc(S(C)(=O)=O)cc2)cn1. The molecule has 0 radical (unpaired) electrons. The van der Waals surface area contributed by atoms with Crippen molar-refractivity contribution >= 4 is 9.84 Å². The van der Waals surface area contributed by atoms with Crippen molar-refractivity contribution in [2.45, 2.75) is 24.3 Å². The number of aliphatic hydroxyl groups is 1. The minimum absolute atomic E-state index is 0.294. The number of aromatic nitrogens is 1. The Morgan fingerprint density at radius 3 is 1.95 bits per heavy atom. The van der Waals surface area contributed by atoms with E-state index < -0.39 is 15.4 Å². The minimum atomic E-state index is -3.18. The highest BCUT2D eigenvalue weighted by Gasteiger charge is 2.17. The first-order valence-electron chi connectivity index (χ1n) is 6.17. The van der Waals surface area contributed by atoms with Crippen molar-refractivity contribution in [3.8, 4) is 11.1 Å². The highest BCUT2D eigenvalue weighted by Crippen LogP contribution is 2.23. The molecular weight excluding hydrogens is 274 g/mol. The third-order valence-electron chi connectivity index (χ3n) is 3.01. The van der Waals surface area contributed by atoms with Crippen LogP contribution in [-0.4, -0.2) is 24.8 Å². The van der Waals surface area contributed by atoms with Gasteiger partial charge in [0, 0.05) is 18.0 Å². The summed E-state index contributed by atoms with van der Waals surface area (Å²) in [5.41, 5.74) is 1.37. The number of pyridine rings is 1. The van der Waals surface area contributed by atoms with Gasteiger partial charge in [-0.05, 0) is 37.6 Å². The molecule has 0 saturated carbocycles. The molecule has 1 aromatic carbocycles. The maximum Gasteiger partial charge on any atom is 0.175 e. The molecule has 0 unspecified atom stereocenters. The number of rotatable bonds is 3. The topological polar surface area (TPSA) is 67.3 Å². The summed E-state index contributed by atoms with van der Waals surface area (Å²) >= 11 is 0. The number of hydrogen-bond acceptors (Lipinski definition) is 4. The van der Waals surface area contributed by atoms with E-state index in [1.165, 1.54) is 6.26 Å². The van der Waals surface area contributed by atoms with Crippen molar-refractivity contribution < 1.29 is 13.5 Å². The van der Waals surface area contributed by atoms with E-state index in [1.54, 1.807) is 50.4 Å². The first-order valence-corrected chi connectivity index (χ1v) is 8.06. The van der Waals surface area contributed by atoms with E-state index in [9.17, 15) is 13.5 Å². The predicted molar refractivity (Wildman–Crippen MR) is 78.0 cm³/mol. The Kier molecular flexibility index (Phi) is 3.67. The third kappa shape index (κ3) is 3.23. The van der Waals surface area contributed by atoms with Gasteiger partial charge < -0.3 is 5.11 Å². The molecule has 0 fully saturated rings. The molecule has 0 amide bonds. The largest absolute Gasteiger partial charge is 0.384 e. The van der Waals surface area contributed by atoms with Crippen molar-refractivity contribution in [1.29, 1.82) is 0 Å². The lowest BCUT2D eigenvalue weighted by Crippen LogP contribution is -2.17. The van der Waals surface area contributed by atoms with Crippen LogP contribution < -0.4 is 0 Å². The van der Waals surface area contributed by atoms with E-state index in [2.05, 4.69) is 4.98 Å². The minimum Gasteiger partial charge on any atom is -0.384 e. The van der Waals surface area contributed by atoms with Gasteiger partial charge in [0.05, 0.1) is 10.6 Å². The van der Waals surface area contributed by atoms with Crippen LogP contribution in [0.2, 0.25) is 0 Å². The summed E-state index contributed by atoms with van der Waals surface area (Å²) in [6, 6.07) is 10.3. The van der Waals surface area contributed by atoms with Crippen LogP contribution in [0.25, 0.3) is 11.1 Å². The van der Waals surface area contributed by atoms with Crippen molar-refractivity contribution in [2.75, 3.05) is 6.26 Å². The highest BCUT2D eigenvalue weighted by molar-refractivity contribution is 7.90. The van der Waals surface area contributed by atoms with E-state index in [0.29, 0.717) is 10.6 Å². The number of nitrogens with zero attached hydrogens (tertiary/aromatic N) is 1. The van der Waals surface area contributed by atoms with Crippen LogP contribution in [0.1, 0.15) is 19.5 Å². The van der Waals surface area contributed by atoms with Crippen LogP contribution in [0.5, 0.6) is 0 Å². The van der Waals surface area contributed by atoms with Crippen molar-refractivity contribution in [3.63, 3.8) is 0 Å². The molecule has 2 rings (SSSR count). The fourth-order valence-electron chi connectivity index (χ4n) is 1.82. The smallest absolute Gasteiger partial charge is 0.175 e. The molecular formula is C15H17NO3S. The summed E-state index contributed by atoms with van der Waals surface area (Å²) in [5, 5.41) is 9.85. The first-order chi connectivity index (χ1) is 9.18. The van der Waals surface area contributed by atoms with Crippen LogP contribution in [-0.2, 0) is 15.4 Å². The van der Waals surface area contributed by atoms with Gasteiger partial charge in [0.15, 0.2) is 9.84 Å². The van der Waals surface area contributed by atoms with Crippen LogP contribution in [0.3, 0.4) is 0 Å². The van der Waals surface area contributed by atoms with E-state index in [4.69, 9.17) is 0 Å². The maximum absolute atomic E-state index is 11.4. The normalized spacial score (nSPS) is 12.4. The molecule has 0 saturated heterocycles. The summed E-state index contributed by atoms with van der Waals surface area (Å²) in [4.78, 5) is 4.52. The molecule has 0 atom stereocenters. The number of sulfone groups is 1. The second kappa shape index (κ2) is 5.00. The first kappa shape index (κ1) is 14.7. The molecule has 0 aliphatic heterocycles. The average molecular weight is 291 g/mol. The summed E-state index contributed by atoms with van der Waals surface area (Å²) in [6.45, 7) is 3.35. The molecule has 4 nitrogen and oxygen atoms in total. The Bertz CT molecular complexity index is 696. The van der Waals surface area contributed by atoms with Gasteiger partial charge in [-0.1, -0.05) is 18.2 Å². The molecule has 1 heterocycles. The van der Waals surface area contributed by atoms with E-state index in [1.807, 2.05) is 6.07 Å². The Morgan fingerprint density at radius 2 is 1.55 bits per heavy atom. The van der Waals surface area contributed by atoms with Gasteiger partial charge in [0.2, 0.25) is 0 Å². The van der Waals surface area contributed by atoms with Gasteiger partial charge in [-0.3, -0.25) is 4.98 Å². The van der Waals surface area contributed by atoms with Crippen LogP contribution in [0.15, 0.2) is 47.5 Å². The molecule has 2 aromatic rings. The lowest BCUT2D eigenvalue weighted by molar-refractivity contribution is 0.0739. The lowest BCUT2D eigenvalue weighted by Gasteiger charge is -2.16. The van der Waals surface area contributed by atoms with E-state index in [0.717, 1.165) is 11.1 Å². The lowest BCUT2D eigenvalue weighted by atomic mass is 10.0. The summed E-state index contributed by atoms with van der Waals surface area (Å²) in [5.74, 6) is 0. The molecule has 0 aliphatic carbocycles. The van der Waals surface area contributed by atoms with Crippen LogP contribution in [0, 0.1) is 0 Å². The predicted octanol–water partition coefficient (Wildman–Crippen LogP) is 2.38. The summed E-state index contributed by atoms with van der Waals surface area (Å²) in [6.07, 6.45) is 2.85. The van der Waals surface area contributed by atoms with Crippen LogP contribution in [0.4, 0.5) is 0 Å². The zero-order chi connectivity index (χ0) is 15.0. The standard InChI is InChI=1S/C15H17NO3S/c1-15(2,17)14-9-6-12(10-16-14)11-4-7-13(8-5-11)20(3,18)19/h4-10,17H,1-3H3. The van der Waals surface area contributed by atoms with Gasteiger partial charge in [-0.2, -0.15) is 0 Å². The summed E-state index contributed by atoms with van der Waals surface area (Å²) in [7, 11) is -3.18. The van der Waals surface area contributed by atoms with Crippen molar-refractivity contribution in [3.05, 3.63) is 48.3 Å². The zero-order valence-corrected chi connectivity index (χ0v) is 12.5. The molecule has 1 N–H and O–H groups in total. The third-order valence-corrected chi connectivity index (χ3v) is 4.13. The monoisotopic (exact) mass is 291 g/mol. The van der Waals surface area contributed by atoms with Crippen LogP contribution >= 0.6 is 0 Å². The average Bonchev–Trinajstić information content (AvgIpc) is 2.37. The Labute approximate surface area is 119 Å². The molecule has 0 bridgehead atoms. The zero-order valence-electron chi connectivity index (χ0n) is 11.7. The van der Waals surface area contributed by atoms with Gasteiger partial charge >= 0.3 is 0 Å². The van der Waals surface area contributed by atoms with Gasteiger partial charge in [-0.25, -0.2) is 8.42 Å². The molecule has 5 heteroatoms. The quantitative estimate of drug-likeness (QED) is 0.942. The van der Waals surface area contributed by atoms with E-state index >= 15 is 0 Å². The molecule has 0 spiro atoms. The van der Waals surface area contributed by atoms with Gasteiger partial charge in [0.1, 0.15) is 5.60 Å². The van der Waals surface area contributed by atoms with E-state index in [-0.39, 0.29) is 0 Å². The highest BCUT2D eigenvalue weighted by atomic mass is 32.2. The maximum atomic E-state index is 11.4. The van der Waals surface area contributed by atoms with Gasteiger partial charge in [-0.15, -0.1) is 0 Å².